The van der Waals surface area contributed by atoms with Crippen molar-refractivity contribution in [3.8, 4) is 0 Å². The molecule has 1 aliphatic rings. The zero-order valence-electron chi connectivity index (χ0n) is 15.3. The van der Waals surface area contributed by atoms with Crippen LogP contribution in [0.1, 0.15) is 23.0 Å². The van der Waals surface area contributed by atoms with Gasteiger partial charge in [-0.3, -0.25) is 14.4 Å². The lowest BCUT2D eigenvalue weighted by molar-refractivity contribution is -0.122. The highest BCUT2D eigenvalue weighted by Crippen LogP contribution is 2.32. The molecule has 0 bridgehead atoms. The van der Waals surface area contributed by atoms with Gasteiger partial charge in [-0.1, -0.05) is 18.2 Å². The van der Waals surface area contributed by atoms with Crippen LogP contribution in [-0.2, 0) is 22.5 Å². The maximum Gasteiger partial charge on any atom is 0.278 e. The van der Waals surface area contributed by atoms with Crippen LogP contribution in [0, 0.1) is 0 Å². The van der Waals surface area contributed by atoms with E-state index in [1.54, 1.807) is 4.90 Å². The summed E-state index contributed by atoms with van der Waals surface area (Å²) < 4.78 is 5.87. The van der Waals surface area contributed by atoms with Gasteiger partial charge in [-0.2, -0.15) is 5.10 Å². The number of hydrogen-bond donors (Lipinski definition) is 1. The van der Waals surface area contributed by atoms with Crippen LogP contribution >= 0.6 is 0 Å². The first-order valence-corrected chi connectivity index (χ1v) is 8.76. The zero-order valence-corrected chi connectivity index (χ0v) is 15.3. The van der Waals surface area contributed by atoms with Gasteiger partial charge in [-0.05, 0) is 31.0 Å². The number of para-hydroxylation sites is 1. The van der Waals surface area contributed by atoms with E-state index in [2.05, 4.69) is 10.4 Å². The van der Waals surface area contributed by atoms with Gasteiger partial charge >= 0.3 is 0 Å². The molecule has 27 heavy (non-hydrogen) atoms. The first kappa shape index (κ1) is 18.8. The number of aromatic nitrogens is 2. The minimum Gasteiger partial charge on any atom is -0.383 e. The molecule has 0 fully saturated rings. The highest BCUT2D eigenvalue weighted by Gasteiger charge is 2.32. The van der Waals surface area contributed by atoms with Gasteiger partial charge in [0.1, 0.15) is 12.2 Å². The number of carbonyl (C=O) groups is 2. The predicted octanol–water partition coefficient (Wildman–Crippen LogP) is 0.597. The summed E-state index contributed by atoms with van der Waals surface area (Å²) in [5, 5.41) is 6.74. The average Bonchev–Trinajstić information content (AvgIpc) is 2.99. The molecule has 1 N–H and O–H groups in total. The Kier molecular flexibility index (Phi) is 5.66. The number of fused-ring (bicyclic) bond motifs is 1. The Balaban J connectivity index is 1.80. The van der Waals surface area contributed by atoms with E-state index in [0.717, 1.165) is 22.4 Å². The fourth-order valence-electron chi connectivity index (χ4n) is 3.16. The van der Waals surface area contributed by atoms with E-state index >= 15 is 0 Å². The largest absolute Gasteiger partial charge is 0.383 e. The number of nitrogens with zero attached hydrogens (tertiary/aromatic N) is 3. The summed E-state index contributed by atoms with van der Waals surface area (Å²) in [5.74, 6) is -0.660. The molecule has 2 amide bonds. The Hall–Kier alpha value is -3.00. The molecule has 0 spiro atoms. The van der Waals surface area contributed by atoms with Gasteiger partial charge in [0.2, 0.25) is 5.91 Å². The quantitative estimate of drug-likeness (QED) is 0.752. The molecule has 0 unspecified atom stereocenters. The molecule has 2 heterocycles. The fourth-order valence-corrected chi connectivity index (χ4v) is 3.16. The zero-order chi connectivity index (χ0) is 19.4. The molecule has 3 rings (SSSR count). The molecule has 8 nitrogen and oxygen atoms in total. The predicted molar refractivity (Wildman–Crippen MR) is 99.8 cm³/mol. The van der Waals surface area contributed by atoms with Crippen LogP contribution < -0.4 is 15.8 Å². The molecule has 1 atom stereocenters. The molecule has 8 heteroatoms. The van der Waals surface area contributed by atoms with E-state index in [4.69, 9.17) is 4.74 Å². The maximum atomic E-state index is 13.0. The van der Waals surface area contributed by atoms with Gasteiger partial charge in [-0.25, -0.2) is 4.68 Å². The van der Waals surface area contributed by atoms with Crippen LogP contribution in [0.4, 0.5) is 5.69 Å². The van der Waals surface area contributed by atoms with Crippen LogP contribution in [0.2, 0.25) is 0 Å². The highest BCUT2D eigenvalue weighted by atomic mass is 16.5. The summed E-state index contributed by atoms with van der Waals surface area (Å²) in [6, 6.07) is 10.4. The van der Waals surface area contributed by atoms with Crippen molar-refractivity contribution in [1.82, 2.24) is 15.1 Å². The van der Waals surface area contributed by atoms with Gasteiger partial charge in [0.05, 0.1) is 6.61 Å². The monoisotopic (exact) mass is 370 g/mol. The van der Waals surface area contributed by atoms with E-state index in [1.165, 1.54) is 19.2 Å². The lowest BCUT2D eigenvalue weighted by atomic mass is 10.1. The van der Waals surface area contributed by atoms with E-state index < -0.39 is 5.56 Å². The number of anilines is 1. The summed E-state index contributed by atoms with van der Waals surface area (Å²) in [5.41, 5.74) is 1.64. The third kappa shape index (κ3) is 4.06. The number of ether oxygens (including phenoxy) is 1. The van der Waals surface area contributed by atoms with Gasteiger partial charge < -0.3 is 15.0 Å². The lowest BCUT2D eigenvalue weighted by Crippen LogP contribution is -2.39. The topological polar surface area (TPSA) is 93.5 Å². The number of methoxy groups -OCH3 is 1. The Morgan fingerprint density at radius 1 is 1.26 bits per heavy atom. The second kappa shape index (κ2) is 8.13. The van der Waals surface area contributed by atoms with Gasteiger partial charge in [0.15, 0.2) is 0 Å². The lowest BCUT2D eigenvalue weighted by Gasteiger charge is -2.22. The van der Waals surface area contributed by atoms with Crippen LogP contribution in [0.5, 0.6) is 0 Å². The second-order valence-corrected chi connectivity index (χ2v) is 6.41. The third-order valence-corrected chi connectivity index (χ3v) is 4.43. The number of carbonyl (C=O) groups excluding carboxylic acids is 2. The van der Waals surface area contributed by atoms with Gasteiger partial charge in [-0.15, -0.1) is 0 Å². The molecular formula is C19H22N4O4. The Morgan fingerprint density at radius 2 is 2.04 bits per heavy atom. The Labute approximate surface area is 156 Å². The first-order valence-electron chi connectivity index (χ1n) is 8.76. The molecule has 0 radical (unpaired) electrons. The van der Waals surface area contributed by atoms with Crippen molar-refractivity contribution in [2.75, 3.05) is 25.2 Å². The number of benzene rings is 1. The average molecular weight is 370 g/mol. The van der Waals surface area contributed by atoms with Gasteiger partial charge in [0.25, 0.3) is 11.5 Å². The summed E-state index contributed by atoms with van der Waals surface area (Å²) in [6.45, 7) is 2.43. The highest BCUT2D eigenvalue weighted by molar-refractivity contribution is 6.06. The molecule has 1 aromatic carbocycles. The van der Waals surface area contributed by atoms with E-state index in [0.29, 0.717) is 13.2 Å². The van der Waals surface area contributed by atoms with Crippen LogP contribution in [-0.4, -0.2) is 47.9 Å². The molecule has 0 aliphatic carbocycles. The summed E-state index contributed by atoms with van der Waals surface area (Å²) in [4.78, 5) is 38.6. The summed E-state index contributed by atoms with van der Waals surface area (Å²) in [7, 11) is 1.53. The smallest absolute Gasteiger partial charge is 0.278 e. The minimum atomic E-state index is -0.441. The van der Waals surface area contributed by atoms with Gasteiger partial charge in [0, 0.05) is 31.5 Å². The number of nitrogens with one attached hydrogen (secondary N) is 1. The van der Waals surface area contributed by atoms with Crippen molar-refractivity contribution in [2.24, 2.45) is 0 Å². The fraction of sp³-hybridized carbons (Fsp3) is 0.368. The number of hydrogen-bond acceptors (Lipinski definition) is 5. The Morgan fingerprint density at radius 3 is 2.81 bits per heavy atom. The standard InChI is InChI=1S/C19H22N4O4/c1-13-11-14-5-3-4-6-16(14)23(13)19(26)15-7-8-18(25)22(21-15)12-17(24)20-9-10-27-2/h3-8,13H,9-12H2,1-2H3,(H,20,24)/t13-/m0/s1. The van der Waals surface area contributed by atoms with Crippen molar-refractivity contribution < 1.29 is 14.3 Å². The Bertz CT molecular complexity index is 909. The first-order chi connectivity index (χ1) is 13.0. The summed E-state index contributed by atoms with van der Waals surface area (Å²) in [6.07, 6.45) is 0.767. The molecule has 142 valence electrons. The molecule has 0 saturated carbocycles. The number of rotatable bonds is 6. The molecule has 1 aliphatic heterocycles. The van der Waals surface area contributed by atoms with Crippen LogP contribution in [0.3, 0.4) is 0 Å². The van der Waals surface area contributed by atoms with Crippen molar-refractivity contribution >= 4 is 17.5 Å². The van der Waals surface area contributed by atoms with E-state index in [-0.39, 0.29) is 30.1 Å². The van der Waals surface area contributed by atoms with Crippen molar-refractivity contribution in [2.45, 2.75) is 25.9 Å². The van der Waals surface area contributed by atoms with Crippen molar-refractivity contribution in [3.05, 3.63) is 58.0 Å². The molecule has 2 aromatic rings. The van der Waals surface area contributed by atoms with Crippen molar-refractivity contribution in [1.29, 1.82) is 0 Å². The van der Waals surface area contributed by atoms with E-state index in [9.17, 15) is 14.4 Å². The number of amides is 2. The second-order valence-electron chi connectivity index (χ2n) is 6.41. The van der Waals surface area contributed by atoms with Crippen LogP contribution in [0.25, 0.3) is 0 Å². The SMILES string of the molecule is COCCNC(=O)Cn1nc(C(=O)N2c3ccccc3C[C@@H]2C)ccc1=O. The summed E-state index contributed by atoms with van der Waals surface area (Å²) >= 11 is 0. The maximum absolute atomic E-state index is 13.0. The molecular weight excluding hydrogens is 348 g/mol. The van der Waals surface area contributed by atoms with Crippen LogP contribution in [0.15, 0.2) is 41.2 Å². The minimum absolute atomic E-state index is 0.00517. The molecule has 0 saturated heterocycles. The third-order valence-electron chi connectivity index (χ3n) is 4.43. The van der Waals surface area contributed by atoms with Crippen molar-refractivity contribution in [3.63, 3.8) is 0 Å². The molecule has 1 aromatic heterocycles. The van der Waals surface area contributed by atoms with E-state index in [1.807, 2.05) is 31.2 Å². The normalized spacial score (nSPS) is 15.5.